The van der Waals surface area contributed by atoms with Gasteiger partial charge < -0.3 is 11.1 Å². The molecule has 0 saturated heterocycles. The fourth-order valence-electron chi connectivity index (χ4n) is 1.31. The standard InChI is InChI=1S/C12H18N2OS/c1-9-5-3-4-6-11(9)14-12(15)10(13)7-8-16-2/h3-6,10H,7-8,13H2,1-2H3,(H,14,15)/t10-/m0/s1. The van der Waals surface area contributed by atoms with Gasteiger partial charge in [0.15, 0.2) is 0 Å². The molecule has 0 aromatic heterocycles. The first-order valence-electron chi connectivity index (χ1n) is 5.26. The van der Waals surface area contributed by atoms with Crippen molar-refractivity contribution in [1.29, 1.82) is 0 Å². The molecular weight excluding hydrogens is 220 g/mol. The van der Waals surface area contributed by atoms with Gasteiger partial charge in [-0.2, -0.15) is 11.8 Å². The summed E-state index contributed by atoms with van der Waals surface area (Å²) in [6.45, 7) is 1.96. The van der Waals surface area contributed by atoms with Gasteiger partial charge in [0, 0.05) is 5.69 Å². The maximum Gasteiger partial charge on any atom is 0.241 e. The Balaban J connectivity index is 2.54. The summed E-state index contributed by atoms with van der Waals surface area (Å²) in [4.78, 5) is 11.7. The van der Waals surface area contributed by atoms with Crippen molar-refractivity contribution in [3.8, 4) is 0 Å². The summed E-state index contributed by atoms with van der Waals surface area (Å²) in [6, 6.07) is 7.26. The van der Waals surface area contributed by atoms with Gasteiger partial charge in [0.05, 0.1) is 6.04 Å². The number of anilines is 1. The zero-order valence-electron chi connectivity index (χ0n) is 9.69. The lowest BCUT2D eigenvalue weighted by molar-refractivity contribution is -0.117. The van der Waals surface area contributed by atoms with Gasteiger partial charge >= 0.3 is 0 Å². The fraction of sp³-hybridized carbons (Fsp3) is 0.417. The maximum atomic E-state index is 11.7. The van der Waals surface area contributed by atoms with Crippen molar-refractivity contribution in [2.24, 2.45) is 5.73 Å². The molecule has 3 N–H and O–H groups in total. The molecule has 0 radical (unpaired) electrons. The number of nitrogens with one attached hydrogen (secondary N) is 1. The van der Waals surface area contributed by atoms with E-state index in [4.69, 9.17) is 5.73 Å². The van der Waals surface area contributed by atoms with Crippen LogP contribution in [0.2, 0.25) is 0 Å². The van der Waals surface area contributed by atoms with Crippen LogP contribution in [0.25, 0.3) is 0 Å². The number of carbonyl (C=O) groups excluding carboxylic acids is 1. The number of thioether (sulfide) groups is 1. The van der Waals surface area contributed by atoms with E-state index in [1.165, 1.54) is 0 Å². The Morgan fingerprint density at radius 2 is 2.19 bits per heavy atom. The van der Waals surface area contributed by atoms with Crippen molar-refractivity contribution in [2.45, 2.75) is 19.4 Å². The molecule has 0 unspecified atom stereocenters. The van der Waals surface area contributed by atoms with Gasteiger partial charge in [-0.3, -0.25) is 4.79 Å². The van der Waals surface area contributed by atoms with E-state index in [0.717, 1.165) is 17.0 Å². The highest BCUT2D eigenvalue weighted by molar-refractivity contribution is 7.98. The molecule has 1 amide bonds. The number of benzene rings is 1. The van der Waals surface area contributed by atoms with Crippen molar-refractivity contribution in [3.05, 3.63) is 29.8 Å². The quantitative estimate of drug-likeness (QED) is 0.825. The first-order chi connectivity index (χ1) is 7.65. The summed E-state index contributed by atoms with van der Waals surface area (Å²) in [5, 5.41) is 2.85. The van der Waals surface area contributed by atoms with Crippen LogP contribution in [-0.2, 0) is 4.79 Å². The van der Waals surface area contributed by atoms with E-state index in [9.17, 15) is 4.79 Å². The second-order valence-corrected chi connectivity index (χ2v) is 4.68. The monoisotopic (exact) mass is 238 g/mol. The van der Waals surface area contributed by atoms with Crippen LogP contribution in [0.15, 0.2) is 24.3 Å². The Kier molecular flexibility index (Phi) is 5.35. The SMILES string of the molecule is CSCC[C@H](N)C(=O)Nc1ccccc1C. The summed E-state index contributed by atoms with van der Waals surface area (Å²) in [5.41, 5.74) is 7.66. The number of hydrogen-bond donors (Lipinski definition) is 2. The zero-order valence-corrected chi connectivity index (χ0v) is 10.5. The van der Waals surface area contributed by atoms with Crippen LogP contribution < -0.4 is 11.1 Å². The highest BCUT2D eigenvalue weighted by atomic mass is 32.2. The molecule has 0 aliphatic carbocycles. The molecular formula is C12H18N2OS. The fourth-order valence-corrected chi connectivity index (χ4v) is 1.80. The van der Waals surface area contributed by atoms with Gasteiger partial charge in [-0.1, -0.05) is 18.2 Å². The van der Waals surface area contributed by atoms with Crippen molar-refractivity contribution < 1.29 is 4.79 Å². The van der Waals surface area contributed by atoms with E-state index in [1.54, 1.807) is 11.8 Å². The van der Waals surface area contributed by atoms with Crippen LogP contribution in [0.5, 0.6) is 0 Å². The molecule has 0 aliphatic rings. The Morgan fingerprint density at radius 3 is 2.81 bits per heavy atom. The van der Waals surface area contributed by atoms with Gasteiger partial charge in [-0.15, -0.1) is 0 Å². The third-order valence-corrected chi connectivity index (χ3v) is 3.02. The van der Waals surface area contributed by atoms with Gasteiger partial charge in [0.2, 0.25) is 5.91 Å². The summed E-state index contributed by atoms with van der Waals surface area (Å²) < 4.78 is 0. The molecule has 4 heteroatoms. The van der Waals surface area contributed by atoms with Crippen molar-refractivity contribution >= 4 is 23.4 Å². The smallest absolute Gasteiger partial charge is 0.241 e. The van der Waals surface area contributed by atoms with Crippen LogP contribution in [0.1, 0.15) is 12.0 Å². The lowest BCUT2D eigenvalue weighted by atomic mass is 10.1. The molecule has 16 heavy (non-hydrogen) atoms. The lowest BCUT2D eigenvalue weighted by Crippen LogP contribution is -2.36. The molecule has 88 valence electrons. The van der Waals surface area contributed by atoms with E-state index >= 15 is 0 Å². The van der Waals surface area contributed by atoms with E-state index in [0.29, 0.717) is 6.42 Å². The normalized spacial score (nSPS) is 12.2. The van der Waals surface area contributed by atoms with Crippen LogP contribution in [0.4, 0.5) is 5.69 Å². The van der Waals surface area contributed by atoms with Crippen molar-refractivity contribution in [1.82, 2.24) is 0 Å². The van der Waals surface area contributed by atoms with E-state index in [1.807, 2.05) is 37.4 Å². The van der Waals surface area contributed by atoms with E-state index in [-0.39, 0.29) is 5.91 Å². The molecule has 0 spiro atoms. The van der Waals surface area contributed by atoms with Gasteiger partial charge in [-0.25, -0.2) is 0 Å². The molecule has 3 nitrogen and oxygen atoms in total. The van der Waals surface area contributed by atoms with Gasteiger partial charge in [0.1, 0.15) is 0 Å². The van der Waals surface area contributed by atoms with E-state index < -0.39 is 6.04 Å². The third-order valence-electron chi connectivity index (χ3n) is 2.37. The minimum absolute atomic E-state index is 0.108. The predicted octanol–water partition coefficient (Wildman–Crippen LogP) is 2.01. The first-order valence-corrected chi connectivity index (χ1v) is 6.65. The molecule has 1 rings (SSSR count). The predicted molar refractivity (Wildman–Crippen MR) is 70.8 cm³/mol. The molecule has 0 aliphatic heterocycles. The summed E-state index contributed by atoms with van der Waals surface area (Å²) in [6.07, 6.45) is 2.71. The van der Waals surface area contributed by atoms with Gasteiger partial charge in [-0.05, 0) is 37.0 Å². The van der Waals surface area contributed by atoms with Crippen molar-refractivity contribution in [3.63, 3.8) is 0 Å². The number of nitrogens with two attached hydrogens (primary N) is 1. The van der Waals surface area contributed by atoms with E-state index in [2.05, 4.69) is 5.32 Å². The Hall–Kier alpha value is -1.00. The van der Waals surface area contributed by atoms with Crippen LogP contribution in [0, 0.1) is 6.92 Å². The number of amides is 1. The number of hydrogen-bond acceptors (Lipinski definition) is 3. The molecule has 1 aromatic carbocycles. The van der Waals surface area contributed by atoms with Gasteiger partial charge in [0.25, 0.3) is 0 Å². The molecule has 0 bridgehead atoms. The minimum atomic E-state index is -0.424. The number of rotatable bonds is 5. The zero-order chi connectivity index (χ0) is 12.0. The largest absolute Gasteiger partial charge is 0.324 e. The summed E-state index contributed by atoms with van der Waals surface area (Å²) >= 11 is 1.70. The number of carbonyl (C=O) groups is 1. The van der Waals surface area contributed by atoms with Crippen LogP contribution in [-0.4, -0.2) is 24.0 Å². The second-order valence-electron chi connectivity index (χ2n) is 3.69. The molecule has 0 heterocycles. The highest BCUT2D eigenvalue weighted by Gasteiger charge is 2.13. The average molecular weight is 238 g/mol. The first kappa shape index (κ1) is 13.1. The highest BCUT2D eigenvalue weighted by Crippen LogP contribution is 2.13. The molecule has 1 aromatic rings. The third kappa shape index (κ3) is 3.87. The Bertz CT molecular complexity index is 355. The Morgan fingerprint density at radius 1 is 1.50 bits per heavy atom. The summed E-state index contributed by atoms with van der Waals surface area (Å²) in [5.74, 6) is 0.797. The van der Waals surface area contributed by atoms with Crippen molar-refractivity contribution in [2.75, 3.05) is 17.3 Å². The van der Waals surface area contributed by atoms with Crippen LogP contribution >= 0.6 is 11.8 Å². The molecule has 0 fully saturated rings. The van der Waals surface area contributed by atoms with Crippen LogP contribution in [0.3, 0.4) is 0 Å². The lowest BCUT2D eigenvalue weighted by Gasteiger charge is -2.13. The Labute approximate surface area is 101 Å². The number of para-hydroxylation sites is 1. The number of aryl methyl sites for hydroxylation is 1. The molecule has 0 saturated carbocycles. The molecule has 1 atom stereocenters. The summed E-state index contributed by atoms with van der Waals surface area (Å²) in [7, 11) is 0. The minimum Gasteiger partial charge on any atom is -0.324 e. The topological polar surface area (TPSA) is 55.1 Å². The maximum absolute atomic E-state index is 11.7. The second kappa shape index (κ2) is 6.55. The average Bonchev–Trinajstić information content (AvgIpc) is 2.28.